The van der Waals surface area contributed by atoms with E-state index in [2.05, 4.69) is 53.6 Å². The molecule has 4 rings (SSSR count). The lowest BCUT2D eigenvalue weighted by Crippen LogP contribution is -2.13. The first kappa shape index (κ1) is 18.7. The molecule has 0 aliphatic rings. The topological polar surface area (TPSA) is 67.0 Å². The molecule has 4 aromatic rings. The second-order valence-electron chi connectivity index (χ2n) is 7.26. The summed E-state index contributed by atoms with van der Waals surface area (Å²) in [5.74, 6) is 1.27. The molecule has 5 nitrogen and oxygen atoms in total. The number of benzene rings is 3. The van der Waals surface area contributed by atoms with Crippen molar-refractivity contribution in [2.75, 3.05) is 12.4 Å². The van der Waals surface area contributed by atoms with Gasteiger partial charge in [0.15, 0.2) is 5.82 Å². The Morgan fingerprint density at radius 1 is 1.00 bits per heavy atom. The Morgan fingerprint density at radius 3 is 2.45 bits per heavy atom. The van der Waals surface area contributed by atoms with Gasteiger partial charge in [-0.3, -0.25) is 9.89 Å². The molecule has 0 aliphatic heterocycles. The van der Waals surface area contributed by atoms with Crippen LogP contribution in [0.2, 0.25) is 0 Å². The fourth-order valence-electron chi connectivity index (χ4n) is 3.36. The van der Waals surface area contributed by atoms with E-state index in [0.29, 0.717) is 23.0 Å². The zero-order valence-corrected chi connectivity index (χ0v) is 16.7. The molecule has 1 amide bonds. The van der Waals surface area contributed by atoms with Crippen molar-refractivity contribution in [3.05, 3.63) is 77.9 Å². The Balaban J connectivity index is 1.61. The molecule has 2 N–H and O–H groups in total. The van der Waals surface area contributed by atoms with E-state index >= 15 is 0 Å². The number of H-pyrrole nitrogens is 1. The molecule has 29 heavy (non-hydrogen) atoms. The van der Waals surface area contributed by atoms with Gasteiger partial charge in [-0.2, -0.15) is 5.10 Å². The maximum Gasteiger partial charge on any atom is 0.260 e. The monoisotopic (exact) mass is 385 g/mol. The Bertz CT molecular complexity index is 1160. The number of para-hydroxylation sites is 1. The fraction of sp³-hybridized carbons (Fsp3) is 0.167. The summed E-state index contributed by atoms with van der Waals surface area (Å²) in [6.07, 6.45) is 0. The minimum atomic E-state index is -0.260. The summed E-state index contributed by atoms with van der Waals surface area (Å²) in [5, 5.41) is 11.0. The first-order valence-electron chi connectivity index (χ1n) is 9.59. The lowest BCUT2D eigenvalue weighted by molar-refractivity contribution is 0.102. The Hall–Kier alpha value is -3.60. The predicted molar refractivity (Wildman–Crippen MR) is 117 cm³/mol. The van der Waals surface area contributed by atoms with Crippen molar-refractivity contribution in [1.29, 1.82) is 0 Å². The van der Waals surface area contributed by atoms with Crippen LogP contribution in [-0.2, 0) is 0 Å². The van der Waals surface area contributed by atoms with Gasteiger partial charge in [-0.25, -0.2) is 0 Å². The molecule has 0 atom stereocenters. The highest BCUT2D eigenvalue weighted by Gasteiger charge is 2.15. The van der Waals surface area contributed by atoms with Crippen LogP contribution in [0.1, 0.15) is 35.7 Å². The zero-order chi connectivity index (χ0) is 20.4. The van der Waals surface area contributed by atoms with Gasteiger partial charge in [-0.15, -0.1) is 0 Å². The quantitative estimate of drug-likeness (QED) is 0.469. The van der Waals surface area contributed by atoms with Crippen LogP contribution in [0, 0.1) is 0 Å². The number of carbonyl (C=O) groups excluding carboxylic acids is 1. The van der Waals surface area contributed by atoms with E-state index in [-0.39, 0.29) is 5.91 Å². The molecular formula is C24H23N3O2. The molecular weight excluding hydrogens is 362 g/mol. The summed E-state index contributed by atoms with van der Waals surface area (Å²) < 4.78 is 5.27. The number of anilines is 1. The lowest BCUT2D eigenvalue weighted by atomic mass is 9.98. The van der Waals surface area contributed by atoms with Crippen molar-refractivity contribution < 1.29 is 9.53 Å². The van der Waals surface area contributed by atoms with E-state index in [1.807, 2.05) is 24.3 Å². The summed E-state index contributed by atoms with van der Waals surface area (Å²) in [6.45, 7) is 4.37. The molecule has 0 saturated carbocycles. The van der Waals surface area contributed by atoms with Gasteiger partial charge in [0.05, 0.1) is 18.2 Å². The third-order valence-electron chi connectivity index (χ3n) is 5.06. The van der Waals surface area contributed by atoms with Crippen LogP contribution in [0.15, 0.2) is 66.7 Å². The maximum atomic E-state index is 12.7. The number of amides is 1. The largest absolute Gasteiger partial charge is 0.496 e. The molecule has 0 radical (unpaired) electrons. The van der Waals surface area contributed by atoms with Gasteiger partial charge in [-0.1, -0.05) is 56.3 Å². The van der Waals surface area contributed by atoms with Crippen molar-refractivity contribution in [1.82, 2.24) is 10.2 Å². The van der Waals surface area contributed by atoms with Gasteiger partial charge in [0.25, 0.3) is 5.91 Å². The number of rotatable bonds is 5. The van der Waals surface area contributed by atoms with Gasteiger partial charge in [0.2, 0.25) is 0 Å². The normalized spacial score (nSPS) is 11.0. The van der Waals surface area contributed by atoms with Crippen LogP contribution in [0.25, 0.3) is 22.0 Å². The van der Waals surface area contributed by atoms with Gasteiger partial charge in [0.1, 0.15) is 5.75 Å². The second-order valence-corrected chi connectivity index (χ2v) is 7.26. The number of hydrogen-bond donors (Lipinski definition) is 2. The molecule has 0 bridgehead atoms. The smallest absolute Gasteiger partial charge is 0.260 e. The maximum absolute atomic E-state index is 12.7. The van der Waals surface area contributed by atoms with Crippen molar-refractivity contribution in [2.45, 2.75) is 19.8 Å². The number of ether oxygens (including phenoxy) is 1. The van der Waals surface area contributed by atoms with E-state index < -0.39 is 0 Å². The second kappa shape index (κ2) is 7.80. The minimum Gasteiger partial charge on any atom is -0.496 e. The minimum absolute atomic E-state index is 0.260. The molecule has 0 spiro atoms. The number of aromatic nitrogens is 2. The summed E-state index contributed by atoms with van der Waals surface area (Å²) in [6, 6.07) is 21.8. The molecule has 3 aromatic carbocycles. The van der Waals surface area contributed by atoms with E-state index in [4.69, 9.17) is 4.74 Å². The molecule has 0 fully saturated rings. The first-order chi connectivity index (χ1) is 14.1. The van der Waals surface area contributed by atoms with E-state index in [0.717, 1.165) is 22.0 Å². The molecule has 0 unspecified atom stereocenters. The number of nitrogens with one attached hydrogen (secondary N) is 2. The molecule has 5 heteroatoms. The van der Waals surface area contributed by atoms with Crippen molar-refractivity contribution in [3.8, 4) is 16.9 Å². The Labute approximate surface area is 169 Å². The predicted octanol–water partition coefficient (Wildman–Crippen LogP) is 5.61. The number of carbonyl (C=O) groups is 1. The van der Waals surface area contributed by atoms with Crippen molar-refractivity contribution in [2.24, 2.45) is 0 Å². The van der Waals surface area contributed by atoms with Gasteiger partial charge in [-0.05, 0) is 46.9 Å². The summed E-state index contributed by atoms with van der Waals surface area (Å²) in [7, 11) is 1.55. The fourth-order valence-corrected chi connectivity index (χ4v) is 3.36. The first-order valence-corrected chi connectivity index (χ1v) is 9.59. The lowest BCUT2D eigenvalue weighted by Gasteiger charge is -2.08. The van der Waals surface area contributed by atoms with Crippen LogP contribution < -0.4 is 10.1 Å². The van der Waals surface area contributed by atoms with Gasteiger partial charge in [0, 0.05) is 5.39 Å². The standard InChI is InChI=1S/C24H23N3O2/c1-15(2)16-8-10-17(11-9-16)18-12-13-19-21(14-18)26-27-23(19)25-24(28)20-6-4-5-7-22(20)29-3/h4-15H,1-3H3,(H2,25,26,27,28). The summed E-state index contributed by atoms with van der Waals surface area (Å²) >= 11 is 0. The number of nitrogens with zero attached hydrogens (tertiary/aromatic N) is 1. The third-order valence-corrected chi connectivity index (χ3v) is 5.06. The van der Waals surface area contributed by atoms with Crippen LogP contribution in [0.3, 0.4) is 0 Å². The van der Waals surface area contributed by atoms with Crippen LogP contribution in [-0.4, -0.2) is 23.2 Å². The average Bonchev–Trinajstić information content (AvgIpc) is 3.15. The Kier molecular flexibility index (Phi) is 5.04. The average molecular weight is 385 g/mol. The number of methoxy groups -OCH3 is 1. The highest BCUT2D eigenvalue weighted by atomic mass is 16.5. The van der Waals surface area contributed by atoms with E-state index in [1.54, 1.807) is 25.3 Å². The van der Waals surface area contributed by atoms with Crippen molar-refractivity contribution >= 4 is 22.6 Å². The number of fused-ring (bicyclic) bond motifs is 1. The number of hydrogen-bond acceptors (Lipinski definition) is 3. The van der Waals surface area contributed by atoms with Gasteiger partial charge < -0.3 is 10.1 Å². The molecule has 1 aromatic heterocycles. The van der Waals surface area contributed by atoms with Crippen molar-refractivity contribution in [3.63, 3.8) is 0 Å². The molecule has 1 heterocycles. The summed E-state index contributed by atoms with van der Waals surface area (Å²) in [4.78, 5) is 12.7. The van der Waals surface area contributed by atoms with Crippen LogP contribution in [0.4, 0.5) is 5.82 Å². The van der Waals surface area contributed by atoms with Crippen LogP contribution >= 0.6 is 0 Å². The highest BCUT2D eigenvalue weighted by Crippen LogP contribution is 2.29. The van der Waals surface area contributed by atoms with Gasteiger partial charge >= 0.3 is 0 Å². The zero-order valence-electron chi connectivity index (χ0n) is 16.7. The van der Waals surface area contributed by atoms with E-state index in [9.17, 15) is 4.79 Å². The number of aromatic amines is 1. The van der Waals surface area contributed by atoms with E-state index in [1.165, 1.54) is 5.56 Å². The molecule has 0 aliphatic carbocycles. The Morgan fingerprint density at radius 2 is 1.72 bits per heavy atom. The SMILES string of the molecule is COc1ccccc1C(=O)Nc1n[nH]c2cc(-c3ccc(C(C)C)cc3)ccc12. The third kappa shape index (κ3) is 3.72. The van der Waals surface area contributed by atoms with Crippen LogP contribution in [0.5, 0.6) is 5.75 Å². The highest BCUT2D eigenvalue weighted by molar-refractivity contribution is 6.09. The molecule has 0 saturated heterocycles. The summed E-state index contributed by atoms with van der Waals surface area (Å²) in [5.41, 5.74) is 4.89. The molecule has 146 valence electrons.